The Labute approximate surface area is 147 Å². The van der Waals surface area contributed by atoms with Gasteiger partial charge in [-0.2, -0.15) is 5.26 Å². The number of aryl methyl sites for hydroxylation is 1. The highest BCUT2D eigenvalue weighted by Crippen LogP contribution is 2.26. The summed E-state index contributed by atoms with van der Waals surface area (Å²) in [6.45, 7) is 3.87. The first-order valence-electron chi connectivity index (χ1n) is 8.45. The maximum Gasteiger partial charge on any atom is 0.253 e. The van der Waals surface area contributed by atoms with Crippen molar-refractivity contribution >= 4 is 5.91 Å². The van der Waals surface area contributed by atoms with Gasteiger partial charge in [-0.15, -0.1) is 0 Å². The van der Waals surface area contributed by atoms with E-state index in [0.29, 0.717) is 24.3 Å². The molecule has 0 aliphatic carbocycles. The van der Waals surface area contributed by atoms with E-state index in [1.54, 1.807) is 31.4 Å². The summed E-state index contributed by atoms with van der Waals surface area (Å²) in [5, 5.41) is 9.04. The number of benzene rings is 1. The molecule has 1 atom stereocenters. The van der Waals surface area contributed by atoms with Gasteiger partial charge in [-0.3, -0.25) is 4.79 Å². The lowest BCUT2D eigenvalue weighted by Crippen LogP contribution is -2.41. The number of rotatable bonds is 4. The van der Waals surface area contributed by atoms with Crippen LogP contribution in [0.2, 0.25) is 0 Å². The van der Waals surface area contributed by atoms with Gasteiger partial charge < -0.3 is 14.2 Å². The highest BCUT2D eigenvalue weighted by molar-refractivity contribution is 5.94. The molecule has 2 aromatic rings. The molecule has 130 valence electrons. The van der Waals surface area contributed by atoms with Gasteiger partial charge in [0.25, 0.3) is 5.91 Å². The largest absolute Gasteiger partial charge is 0.377 e. The lowest BCUT2D eigenvalue weighted by Gasteiger charge is -2.34. The standard InChI is InChI=1S/C19H22N4O2/c1-14-11-21-18(13-25-2)23(14)17-7-4-8-22(12-17)19(24)16-6-3-5-15(9-16)10-20/h3,5-6,9,11,17H,4,7-8,12-13H2,1-2H3. The monoisotopic (exact) mass is 338 g/mol. The van der Waals surface area contributed by atoms with Crippen LogP contribution in [0.4, 0.5) is 0 Å². The Balaban J connectivity index is 1.80. The molecule has 0 saturated carbocycles. The molecular weight excluding hydrogens is 316 g/mol. The molecule has 3 rings (SSSR count). The van der Waals surface area contributed by atoms with Crippen LogP contribution in [-0.4, -0.2) is 40.6 Å². The molecule has 0 radical (unpaired) electrons. The van der Waals surface area contributed by atoms with Crippen LogP contribution in [0, 0.1) is 18.3 Å². The normalized spacial score (nSPS) is 17.3. The number of aromatic nitrogens is 2. The average Bonchev–Trinajstić information content (AvgIpc) is 3.02. The van der Waals surface area contributed by atoms with Gasteiger partial charge in [0.1, 0.15) is 12.4 Å². The summed E-state index contributed by atoms with van der Waals surface area (Å²) in [7, 11) is 1.66. The zero-order chi connectivity index (χ0) is 17.8. The van der Waals surface area contributed by atoms with E-state index in [-0.39, 0.29) is 11.9 Å². The third-order valence-corrected chi connectivity index (χ3v) is 4.62. The SMILES string of the molecule is COCc1ncc(C)n1C1CCCN(C(=O)c2cccc(C#N)c2)C1. The zero-order valence-corrected chi connectivity index (χ0v) is 14.6. The van der Waals surface area contributed by atoms with Gasteiger partial charge in [-0.05, 0) is 38.0 Å². The summed E-state index contributed by atoms with van der Waals surface area (Å²) < 4.78 is 7.44. The van der Waals surface area contributed by atoms with E-state index in [1.165, 1.54) is 0 Å². The fraction of sp³-hybridized carbons (Fsp3) is 0.421. The van der Waals surface area contributed by atoms with Crippen LogP contribution in [0.5, 0.6) is 0 Å². The third kappa shape index (κ3) is 3.57. The maximum absolute atomic E-state index is 12.8. The average molecular weight is 338 g/mol. The Bertz CT molecular complexity index is 806. The molecule has 1 aromatic heterocycles. The van der Waals surface area contributed by atoms with Crippen LogP contribution in [0.1, 0.15) is 46.3 Å². The lowest BCUT2D eigenvalue weighted by molar-refractivity contribution is 0.0672. The van der Waals surface area contributed by atoms with Crippen LogP contribution < -0.4 is 0 Å². The fourth-order valence-corrected chi connectivity index (χ4v) is 3.48. The Hall–Kier alpha value is -2.65. The van der Waals surface area contributed by atoms with Crippen molar-refractivity contribution in [1.82, 2.24) is 14.5 Å². The van der Waals surface area contributed by atoms with Gasteiger partial charge in [0, 0.05) is 37.7 Å². The van der Waals surface area contributed by atoms with Gasteiger partial charge in [0.05, 0.1) is 17.7 Å². The molecule has 1 fully saturated rings. The maximum atomic E-state index is 12.8. The van der Waals surface area contributed by atoms with Gasteiger partial charge in [0.15, 0.2) is 0 Å². The predicted molar refractivity (Wildman–Crippen MR) is 93.0 cm³/mol. The summed E-state index contributed by atoms with van der Waals surface area (Å²) >= 11 is 0. The molecule has 1 saturated heterocycles. The van der Waals surface area contributed by atoms with Crippen molar-refractivity contribution in [3.8, 4) is 6.07 Å². The van der Waals surface area contributed by atoms with Crippen LogP contribution >= 0.6 is 0 Å². The number of likely N-dealkylation sites (tertiary alicyclic amines) is 1. The minimum atomic E-state index is -0.0205. The second-order valence-corrected chi connectivity index (χ2v) is 6.36. The van der Waals surface area contributed by atoms with Crippen LogP contribution in [0.3, 0.4) is 0 Å². The number of carbonyl (C=O) groups excluding carboxylic acids is 1. The molecule has 6 nitrogen and oxygen atoms in total. The van der Waals surface area contributed by atoms with Crippen LogP contribution in [-0.2, 0) is 11.3 Å². The summed E-state index contributed by atoms with van der Waals surface area (Å²) in [4.78, 5) is 19.2. The van der Waals surface area contributed by atoms with E-state index < -0.39 is 0 Å². The van der Waals surface area contributed by atoms with Crippen LogP contribution in [0.15, 0.2) is 30.5 Å². The first kappa shape index (κ1) is 17.2. The fourth-order valence-electron chi connectivity index (χ4n) is 3.48. The van der Waals surface area contributed by atoms with E-state index >= 15 is 0 Å². The first-order valence-corrected chi connectivity index (χ1v) is 8.45. The second kappa shape index (κ2) is 7.49. The van der Waals surface area contributed by atoms with E-state index in [0.717, 1.165) is 30.9 Å². The smallest absolute Gasteiger partial charge is 0.253 e. The molecule has 0 N–H and O–H groups in total. The molecule has 25 heavy (non-hydrogen) atoms. The summed E-state index contributed by atoms with van der Waals surface area (Å²) in [6.07, 6.45) is 3.81. The number of methoxy groups -OCH3 is 1. The predicted octanol–water partition coefficient (Wildman–Crippen LogP) is 2.69. The Morgan fingerprint density at radius 3 is 3.08 bits per heavy atom. The quantitative estimate of drug-likeness (QED) is 0.859. The second-order valence-electron chi connectivity index (χ2n) is 6.36. The number of carbonyl (C=O) groups is 1. The third-order valence-electron chi connectivity index (χ3n) is 4.62. The molecule has 1 unspecified atom stereocenters. The van der Waals surface area contributed by atoms with Crippen molar-refractivity contribution in [2.45, 2.75) is 32.4 Å². The Kier molecular flexibility index (Phi) is 5.15. The molecule has 0 bridgehead atoms. The molecular formula is C19H22N4O2. The highest BCUT2D eigenvalue weighted by Gasteiger charge is 2.27. The van der Waals surface area contributed by atoms with Gasteiger partial charge in [-0.1, -0.05) is 6.07 Å². The van der Waals surface area contributed by atoms with Crippen molar-refractivity contribution in [2.75, 3.05) is 20.2 Å². The molecule has 1 aromatic carbocycles. The minimum absolute atomic E-state index is 0.0205. The number of hydrogen-bond donors (Lipinski definition) is 0. The first-order chi connectivity index (χ1) is 12.1. The molecule has 1 amide bonds. The topological polar surface area (TPSA) is 71.2 Å². The number of hydrogen-bond acceptors (Lipinski definition) is 4. The molecule has 1 aliphatic heterocycles. The number of imidazole rings is 1. The van der Waals surface area contributed by atoms with E-state index in [1.807, 2.05) is 18.0 Å². The van der Waals surface area contributed by atoms with E-state index in [9.17, 15) is 4.79 Å². The summed E-state index contributed by atoms with van der Waals surface area (Å²) in [5.41, 5.74) is 2.16. The molecule has 0 spiro atoms. The number of ether oxygens (including phenoxy) is 1. The van der Waals surface area contributed by atoms with Gasteiger partial charge >= 0.3 is 0 Å². The van der Waals surface area contributed by atoms with E-state index in [2.05, 4.69) is 15.6 Å². The summed E-state index contributed by atoms with van der Waals surface area (Å²) in [6, 6.07) is 9.18. The highest BCUT2D eigenvalue weighted by atomic mass is 16.5. The Morgan fingerprint density at radius 2 is 2.32 bits per heavy atom. The van der Waals surface area contributed by atoms with Crippen molar-refractivity contribution in [3.63, 3.8) is 0 Å². The Morgan fingerprint density at radius 1 is 1.48 bits per heavy atom. The van der Waals surface area contributed by atoms with E-state index in [4.69, 9.17) is 10.00 Å². The van der Waals surface area contributed by atoms with Crippen molar-refractivity contribution in [1.29, 1.82) is 5.26 Å². The lowest BCUT2D eigenvalue weighted by atomic mass is 10.0. The number of amides is 1. The molecule has 1 aliphatic rings. The van der Waals surface area contributed by atoms with Gasteiger partial charge in [-0.25, -0.2) is 4.98 Å². The zero-order valence-electron chi connectivity index (χ0n) is 14.6. The molecule has 6 heteroatoms. The number of nitriles is 1. The number of piperidine rings is 1. The van der Waals surface area contributed by atoms with Crippen molar-refractivity contribution in [3.05, 3.63) is 53.1 Å². The van der Waals surface area contributed by atoms with Crippen LogP contribution in [0.25, 0.3) is 0 Å². The molecule has 2 heterocycles. The number of nitrogens with zero attached hydrogens (tertiary/aromatic N) is 4. The van der Waals surface area contributed by atoms with Crippen molar-refractivity contribution < 1.29 is 9.53 Å². The van der Waals surface area contributed by atoms with Gasteiger partial charge in [0.2, 0.25) is 0 Å². The van der Waals surface area contributed by atoms with Crippen molar-refractivity contribution in [2.24, 2.45) is 0 Å². The summed E-state index contributed by atoms with van der Waals surface area (Å²) in [5.74, 6) is 0.874. The minimum Gasteiger partial charge on any atom is -0.377 e.